The van der Waals surface area contributed by atoms with Gasteiger partial charge in [-0.05, 0) is 24.3 Å². The zero-order valence-corrected chi connectivity index (χ0v) is 16.4. The smallest absolute Gasteiger partial charge is 0.0501 e. The lowest BCUT2D eigenvalue weighted by Gasteiger charge is -2.54. The molecule has 1 aromatic carbocycles. The van der Waals surface area contributed by atoms with E-state index in [2.05, 4.69) is 18.1 Å². The van der Waals surface area contributed by atoms with Crippen molar-refractivity contribution >= 4 is 5.97 Å². The average Bonchev–Trinajstić information content (AvgIpc) is 2.59. The summed E-state index contributed by atoms with van der Waals surface area (Å²) in [6, 6.07) is 9.32. The maximum absolute atomic E-state index is 12.4. The third kappa shape index (κ3) is 4.25. The molecule has 0 aromatic heterocycles. The van der Waals surface area contributed by atoms with E-state index in [9.17, 15) is 15.0 Å². The molecule has 0 aliphatic carbocycles. The van der Waals surface area contributed by atoms with Gasteiger partial charge in [-0.25, -0.2) is 0 Å². The Morgan fingerprint density at radius 2 is 1.85 bits per heavy atom. The van der Waals surface area contributed by atoms with Crippen molar-refractivity contribution in [2.24, 2.45) is 10.8 Å². The molecule has 0 aliphatic heterocycles. The molecule has 0 spiro atoms. The van der Waals surface area contributed by atoms with E-state index in [4.69, 9.17) is 0 Å². The lowest BCUT2D eigenvalue weighted by molar-refractivity contribution is -0.328. The molecule has 0 radical (unpaired) electrons. The highest BCUT2D eigenvalue weighted by molar-refractivity contribution is 5.75. The molecule has 0 aliphatic rings. The lowest BCUT2D eigenvalue weighted by atomic mass is 9.59. The van der Waals surface area contributed by atoms with E-state index in [0.29, 0.717) is 6.54 Å². The van der Waals surface area contributed by atoms with Crippen LogP contribution in [-0.2, 0) is 4.79 Å². The molecule has 0 heterocycles. The zero-order valence-electron chi connectivity index (χ0n) is 16.4. The number of carbonyl (C=O) groups is 1. The summed E-state index contributed by atoms with van der Waals surface area (Å²) < 4.78 is 0. The van der Waals surface area contributed by atoms with E-state index in [1.54, 1.807) is 12.2 Å². The van der Waals surface area contributed by atoms with Gasteiger partial charge in [0.2, 0.25) is 0 Å². The number of aliphatic hydroxyl groups excluding tert-OH is 1. The summed E-state index contributed by atoms with van der Waals surface area (Å²) in [6.07, 6.45) is 3.52. The van der Waals surface area contributed by atoms with Crippen molar-refractivity contribution in [2.45, 2.75) is 46.2 Å². The average molecular weight is 359 g/mol. The number of aliphatic carboxylic acids is 1. The molecule has 0 saturated heterocycles. The van der Waals surface area contributed by atoms with E-state index >= 15 is 0 Å². The van der Waals surface area contributed by atoms with Gasteiger partial charge in [-0.2, -0.15) is 0 Å². The quantitative estimate of drug-likeness (QED) is 0.653. The fourth-order valence-electron chi connectivity index (χ4n) is 3.88. The maximum Gasteiger partial charge on any atom is 0.0501 e. The lowest BCUT2D eigenvalue weighted by Crippen LogP contribution is -2.62. The number of rotatable bonds is 10. The Hall–Kier alpha value is -1.91. The fraction of sp³-hybridized carbons (Fsp3) is 0.500. The molecule has 1 N–H and O–H groups in total. The molecule has 4 heteroatoms. The molecule has 0 fully saturated rings. The molecular formula is C22H32NO3-. The van der Waals surface area contributed by atoms with Gasteiger partial charge in [-0.3, -0.25) is 4.90 Å². The Balaban J connectivity index is 3.53. The summed E-state index contributed by atoms with van der Waals surface area (Å²) in [6.45, 7) is 15.7. The first-order valence-electron chi connectivity index (χ1n) is 9.03. The van der Waals surface area contributed by atoms with Crippen LogP contribution in [0.4, 0.5) is 0 Å². The van der Waals surface area contributed by atoms with Crippen molar-refractivity contribution in [3.05, 3.63) is 61.2 Å². The fourth-order valence-corrected chi connectivity index (χ4v) is 3.88. The first-order valence-corrected chi connectivity index (χ1v) is 9.03. The molecule has 3 atom stereocenters. The van der Waals surface area contributed by atoms with Crippen LogP contribution >= 0.6 is 0 Å². The highest BCUT2D eigenvalue weighted by atomic mass is 16.4. The van der Waals surface area contributed by atoms with Gasteiger partial charge < -0.3 is 15.0 Å². The summed E-state index contributed by atoms with van der Waals surface area (Å²) >= 11 is 0. The van der Waals surface area contributed by atoms with E-state index in [1.165, 1.54) is 0 Å². The van der Waals surface area contributed by atoms with Crippen LogP contribution in [0.3, 0.4) is 0 Å². The van der Waals surface area contributed by atoms with Crippen LogP contribution in [-0.4, -0.2) is 35.2 Å². The second-order valence-electron chi connectivity index (χ2n) is 7.74. The van der Waals surface area contributed by atoms with Gasteiger partial charge in [0.25, 0.3) is 0 Å². The van der Waals surface area contributed by atoms with Crippen molar-refractivity contribution in [2.75, 3.05) is 13.2 Å². The molecule has 1 rings (SSSR count). The van der Waals surface area contributed by atoms with E-state index in [-0.39, 0.29) is 19.1 Å². The Kier molecular flexibility index (Phi) is 7.79. The minimum atomic E-state index is -1.30. The molecule has 0 saturated carbocycles. The van der Waals surface area contributed by atoms with Crippen molar-refractivity contribution in [1.82, 2.24) is 4.90 Å². The Morgan fingerprint density at radius 1 is 1.27 bits per heavy atom. The number of hydrogen-bond acceptors (Lipinski definition) is 4. The summed E-state index contributed by atoms with van der Waals surface area (Å²) in [5.41, 5.74) is -0.870. The summed E-state index contributed by atoms with van der Waals surface area (Å²) in [7, 11) is 0. The highest BCUT2D eigenvalue weighted by Gasteiger charge is 2.50. The molecule has 0 bridgehead atoms. The van der Waals surface area contributed by atoms with E-state index < -0.39 is 22.8 Å². The monoisotopic (exact) mass is 358 g/mol. The van der Waals surface area contributed by atoms with Crippen molar-refractivity contribution < 1.29 is 15.0 Å². The van der Waals surface area contributed by atoms with Crippen LogP contribution in [0.25, 0.3) is 0 Å². The molecule has 26 heavy (non-hydrogen) atoms. The van der Waals surface area contributed by atoms with E-state index in [1.807, 2.05) is 58.0 Å². The van der Waals surface area contributed by atoms with Gasteiger partial charge in [0.05, 0.1) is 5.97 Å². The third-order valence-electron chi connectivity index (χ3n) is 5.41. The van der Waals surface area contributed by atoms with Gasteiger partial charge >= 0.3 is 0 Å². The number of aliphatic hydroxyl groups is 1. The predicted molar refractivity (Wildman–Crippen MR) is 104 cm³/mol. The second-order valence-corrected chi connectivity index (χ2v) is 7.74. The van der Waals surface area contributed by atoms with Crippen molar-refractivity contribution in [3.8, 4) is 0 Å². The minimum Gasteiger partial charge on any atom is -0.549 e. The number of carboxylic acid groups (broad SMARTS) is 1. The van der Waals surface area contributed by atoms with Crippen LogP contribution in [0.2, 0.25) is 0 Å². The predicted octanol–water partition coefficient (Wildman–Crippen LogP) is 2.96. The van der Waals surface area contributed by atoms with Crippen molar-refractivity contribution in [3.63, 3.8) is 0 Å². The molecule has 3 unspecified atom stereocenters. The highest BCUT2D eigenvalue weighted by Crippen LogP contribution is 2.48. The minimum absolute atomic E-state index is 0.0584. The van der Waals surface area contributed by atoms with Crippen molar-refractivity contribution in [1.29, 1.82) is 0 Å². The Morgan fingerprint density at radius 3 is 2.23 bits per heavy atom. The first-order chi connectivity index (χ1) is 12.2. The summed E-state index contributed by atoms with van der Waals surface area (Å²) in [5, 5.41) is 22.1. The van der Waals surface area contributed by atoms with Crippen LogP contribution in [0.1, 0.15) is 45.7 Å². The third-order valence-corrected chi connectivity index (χ3v) is 5.41. The SMILES string of the molecule is C=CCN(C(C)c1ccccc1)C(C=C)C(CCO)(C(=O)[O-])C(C)(C)C. The van der Waals surface area contributed by atoms with Crippen LogP contribution in [0.5, 0.6) is 0 Å². The van der Waals surface area contributed by atoms with Gasteiger partial charge in [-0.15, -0.1) is 13.2 Å². The van der Waals surface area contributed by atoms with Crippen LogP contribution < -0.4 is 5.11 Å². The molecule has 144 valence electrons. The van der Waals surface area contributed by atoms with E-state index in [0.717, 1.165) is 5.56 Å². The number of carbonyl (C=O) groups excluding carboxylic acids is 1. The van der Waals surface area contributed by atoms with Crippen LogP contribution in [0, 0.1) is 10.8 Å². The largest absolute Gasteiger partial charge is 0.549 e. The van der Waals surface area contributed by atoms with Gasteiger partial charge in [0.1, 0.15) is 0 Å². The number of benzene rings is 1. The summed E-state index contributed by atoms with van der Waals surface area (Å²) in [4.78, 5) is 14.5. The maximum atomic E-state index is 12.4. The molecule has 1 aromatic rings. The standard InChI is InChI=1S/C22H33NO3/c1-7-15-23(17(3)18-12-10-9-11-13-18)19(8-2)22(14-16-24,20(25)26)21(4,5)6/h7-13,17,19,24H,1-2,14-16H2,3-6H3,(H,25,26)/p-1. The number of hydrogen-bond donors (Lipinski definition) is 1. The van der Waals surface area contributed by atoms with Gasteiger partial charge in [0, 0.05) is 30.7 Å². The number of carboxylic acids is 1. The number of nitrogens with zero attached hydrogens (tertiary/aromatic N) is 1. The summed E-state index contributed by atoms with van der Waals surface area (Å²) in [5.74, 6) is -1.17. The van der Waals surface area contributed by atoms with Crippen LogP contribution in [0.15, 0.2) is 55.6 Å². The molecule has 0 amide bonds. The topological polar surface area (TPSA) is 63.6 Å². The van der Waals surface area contributed by atoms with Gasteiger partial charge in [-0.1, -0.05) is 63.3 Å². The Labute approximate surface area is 157 Å². The molecule has 4 nitrogen and oxygen atoms in total. The normalized spacial score (nSPS) is 16.5. The molecular weight excluding hydrogens is 326 g/mol. The first kappa shape index (κ1) is 22.1. The second kappa shape index (κ2) is 9.15. The zero-order chi connectivity index (χ0) is 20.0. The van der Waals surface area contributed by atoms with Gasteiger partial charge in [0.15, 0.2) is 0 Å². The Bertz CT molecular complexity index is 606.